The van der Waals surface area contributed by atoms with Crippen molar-refractivity contribution in [2.45, 2.75) is 77.9 Å². The summed E-state index contributed by atoms with van der Waals surface area (Å²) < 4.78 is 6.06. The van der Waals surface area contributed by atoms with Gasteiger partial charge < -0.3 is 30.9 Å². The highest BCUT2D eigenvalue weighted by atomic mass is 16.5. The highest BCUT2D eigenvalue weighted by Crippen LogP contribution is 2.27. The maximum absolute atomic E-state index is 14.4. The molecule has 4 rings (SSSR count). The number of hydrogen-bond donors (Lipinski definition) is 4. The van der Waals surface area contributed by atoms with Crippen molar-refractivity contribution < 1.29 is 23.9 Å². The van der Waals surface area contributed by atoms with E-state index in [0.717, 1.165) is 16.7 Å². The van der Waals surface area contributed by atoms with Crippen molar-refractivity contribution in [1.82, 2.24) is 26.2 Å². The zero-order valence-corrected chi connectivity index (χ0v) is 28.8. The van der Waals surface area contributed by atoms with Gasteiger partial charge in [0.15, 0.2) is 0 Å². The summed E-state index contributed by atoms with van der Waals surface area (Å²) >= 11 is 0. The van der Waals surface area contributed by atoms with Gasteiger partial charge in [-0.25, -0.2) is 0 Å². The van der Waals surface area contributed by atoms with Crippen LogP contribution >= 0.6 is 0 Å². The Kier molecular flexibility index (Phi) is 12.5. The fourth-order valence-corrected chi connectivity index (χ4v) is 5.66. The fourth-order valence-electron chi connectivity index (χ4n) is 5.66. The van der Waals surface area contributed by atoms with Gasteiger partial charge in [0, 0.05) is 18.2 Å². The third-order valence-electron chi connectivity index (χ3n) is 8.68. The number of carbonyl (C=O) groups excluding carboxylic acids is 4. The molecule has 0 aliphatic carbocycles. The minimum atomic E-state index is -0.915. The van der Waals surface area contributed by atoms with Gasteiger partial charge in [-0.15, -0.1) is 0 Å². The zero-order valence-electron chi connectivity index (χ0n) is 28.8. The molecule has 5 atom stereocenters. The van der Waals surface area contributed by atoms with Crippen LogP contribution < -0.4 is 21.3 Å². The Morgan fingerprint density at radius 2 is 1.52 bits per heavy atom. The van der Waals surface area contributed by atoms with E-state index < -0.39 is 35.6 Å². The molecule has 1 saturated heterocycles. The first-order valence-corrected chi connectivity index (χ1v) is 16.5. The van der Waals surface area contributed by atoms with Crippen molar-refractivity contribution in [3.63, 3.8) is 0 Å². The summed E-state index contributed by atoms with van der Waals surface area (Å²) in [6.07, 6.45) is 0.208. The van der Waals surface area contributed by atoms with Crippen LogP contribution in [0, 0.1) is 12.3 Å². The molecule has 10 nitrogen and oxygen atoms in total. The Balaban J connectivity index is 1.59. The number of nitrogens with zero attached hydrogens (tertiary/aromatic N) is 1. The van der Waals surface area contributed by atoms with Crippen molar-refractivity contribution in [3.8, 4) is 0 Å². The molecule has 0 spiro atoms. The molecule has 1 heterocycles. The molecule has 1 aliphatic heterocycles. The van der Waals surface area contributed by atoms with Crippen LogP contribution in [0.5, 0.6) is 0 Å². The van der Waals surface area contributed by atoms with Crippen LogP contribution in [0.4, 0.5) is 0 Å². The Hall–Kier alpha value is -4.54. The molecule has 0 bridgehead atoms. The second-order valence-corrected chi connectivity index (χ2v) is 13.6. The minimum absolute atomic E-state index is 0.110. The number of rotatable bonds is 13. The molecule has 1 fully saturated rings. The number of carbonyl (C=O) groups is 4. The van der Waals surface area contributed by atoms with E-state index in [-0.39, 0.29) is 43.2 Å². The van der Waals surface area contributed by atoms with Crippen molar-refractivity contribution >= 4 is 23.6 Å². The van der Waals surface area contributed by atoms with Crippen LogP contribution in [0.2, 0.25) is 0 Å². The van der Waals surface area contributed by atoms with E-state index in [4.69, 9.17) is 4.74 Å². The molecule has 0 aromatic heterocycles. The summed E-state index contributed by atoms with van der Waals surface area (Å²) in [5, 5.41) is 12.0. The van der Waals surface area contributed by atoms with Gasteiger partial charge in [0.05, 0.1) is 25.3 Å². The smallest absolute Gasteiger partial charge is 0.251 e. The maximum Gasteiger partial charge on any atom is 0.251 e. The van der Waals surface area contributed by atoms with E-state index >= 15 is 0 Å². The van der Waals surface area contributed by atoms with Crippen LogP contribution in [0.3, 0.4) is 0 Å². The number of hydrogen-bond acceptors (Lipinski definition) is 6. The molecule has 48 heavy (non-hydrogen) atoms. The number of likely N-dealkylation sites (N-methyl/N-ethyl adjacent to an activating group) is 1. The monoisotopic (exact) mass is 655 g/mol. The van der Waals surface area contributed by atoms with Gasteiger partial charge >= 0.3 is 0 Å². The zero-order chi connectivity index (χ0) is 34.8. The second kappa shape index (κ2) is 16.5. The quantitative estimate of drug-likeness (QED) is 0.221. The Bertz CT molecular complexity index is 1520. The third kappa shape index (κ3) is 9.74. The Labute approximate surface area is 284 Å². The van der Waals surface area contributed by atoms with E-state index in [0.29, 0.717) is 12.2 Å². The molecule has 256 valence electrons. The fraction of sp³-hybridized carbons (Fsp3) is 0.421. The topological polar surface area (TPSA) is 129 Å². The molecule has 1 aliphatic rings. The van der Waals surface area contributed by atoms with Gasteiger partial charge in [-0.3, -0.25) is 19.2 Å². The molecule has 0 saturated carbocycles. The molecule has 0 unspecified atom stereocenters. The summed E-state index contributed by atoms with van der Waals surface area (Å²) in [6.45, 7) is 9.97. The van der Waals surface area contributed by atoms with Gasteiger partial charge in [-0.05, 0) is 56.0 Å². The van der Waals surface area contributed by atoms with Gasteiger partial charge in [0.25, 0.3) is 5.91 Å². The molecule has 3 aromatic rings. The number of likely N-dealkylation sites (tertiary alicyclic amines) is 1. The first-order chi connectivity index (χ1) is 22.9. The largest absolute Gasteiger partial charge is 0.374 e. The predicted molar refractivity (Wildman–Crippen MR) is 186 cm³/mol. The van der Waals surface area contributed by atoms with Crippen molar-refractivity contribution in [1.29, 1.82) is 0 Å². The lowest BCUT2D eigenvalue weighted by molar-refractivity contribution is -0.144. The lowest BCUT2D eigenvalue weighted by atomic mass is 9.85. The van der Waals surface area contributed by atoms with Crippen LogP contribution in [0.1, 0.15) is 67.2 Å². The second-order valence-electron chi connectivity index (χ2n) is 13.6. The lowest BCUT2D eigenvalue weighted by Gasteiger charge is -2.36. The summed E-state index contributed by atoms with van der Waals surface area (Å²) in [5.74, 6) is -1.36. The molecule has 0 radical (unpaired) electrons. The van der Waals surface area contributed by atoms with Crippen LogP contribution in [0.25, 0.3) is 0 Å². The molecule has 4 N–H and O–H groups in total. The summed E-state index contributed by atoms with van der Waals surface area (Å²) in [5.41, 5.74) is 2.73. The highest BCUT2D eigenvalue weighted by molar-refractivity contribution is 5.96. The normalized spacial score (nSPS) is 18.0. The minimum Gasteiger partial charge on any atom is -0.374 e. The summed E-state index contributed by atoms with van der Waals surface area (Å²) in [4.78, 5) is 56.2. The van der Waals surface area contributed by atoms with Gasteiger partial charge in [0.1, 0.15) is 12.1 Å². The Morgan fingerprint density at radius 1 is 0.896 bits per heavy atom. The number of nitrogens with one attached hydrogen (secondary N) is 4. The van der Waals surface area contributed by atoms with E-state index in [1.807, 2.05) is 100 Å². The number of amides is 4. The van der Waals surface area contributed by atoms with E-state index in [9.17, 15) is 19.2 Å². The van der Waals surface area contributed by atoms with Gasteiger partial charge in [0.2, 0.25) is 17.7 Å². The molecular weight excluding hydrogens is 606 g/mol. The van der Waals surface area contributed by atoms with Crippen LogP contribution in [0.15, 0.2) is 84.9 Å². The lowest BCUT2D eigenvalue weighted by Crippen LogP contribution is -2.59. The van der Waals surface area contributed by atoms with E-state index in [1.54, 1.807) is 26.1 Å². The number of ether oxygens (including phenoxy) is 1. The first kappa shape index (κ1) is 36.3. The Morgan fingerprint density at radius 3 is 2.12 bits per heavy atom. The van der Waals surface area contributed by atoms with E-state index in [2.05, 4.69) is 21.3 Å². The standard InChI is InChI=1S/C38H49N5O5/c1-25-17-19-29(20-18-25)35(45)40-30-21-32(43(22-30)37(47)33(38(3,4)5)42-34(44)26(2)39-6)36(46)41-31(28-15-11-8-12-16-28)24-48-23-27-13-9-7-10-14-27/h7-20,26,30-33,39H,21-24H2,1-6H3,(H,40,45)(H,41,46)(H,42,44)/t26-,30-,31+,32-,33+/m0/s1. The average molecular weight is 656 g/mol. The highest BCUT2D eigenvalue weighted by Gasteiger charge is 2.45. The SMILES string of the molecule is CN[C@@H](C)C(=O)N[C@H](C(=O)N1C[C@@H](NC(=O)c2ccc(C)cc2)C[C@H]1C(=O)N[C@H](COCc1ccccc1)c1ccccc1)C(C)(C)C. The number of benzene rings is 3. The maximum atomic E-state index is 14.4. The van der Waals surface area contributed by atoms with Crippen LogP contribution in [-0.2, 0) is 25.7 Å². The summed E-state index contributed by atoms with van der Waals surface area (Å²) in [7, 11) is 1.67. The van der Waals surface area contributed by atoms with Crippen molar-refractivity contribution in [2.24, 2.45) is 5.41 Å². The van der Waals surface area contributed by atoms with Crippen molar-refractivity contribution in [2.75, 3.05) is 20.2 Å². The predicted octanol–water partition coefficient (Wildman–Crippen LogP) is 3.91. The van der Waals surface area contributed by atoms with Gasteiger partial charge in [-0.2, -0.15) is 0 Å². The van der Waals surface area contributed by atoms with Crippen LogP contribution in [-0.4, -0.2) is 72.9 Å². The molecule has 4 amide bonds. The average Bonchev–Trinajstić information content (AvgIpc) is 3.50. The molecule has 3 aromatic carbocycles. The molecular formula is C38H49N5O5. The first-order valence-electron chi connectivity index (χ1n) is 16.5. The molecule has 10 heteroatoms. The number of aryl methyl sites for hydroxylation is 1. The van der Waals surface area contributed by atoms with Gasteiger partial charge in [-0.1, -0.05) is 99.1 Å². The summed E-state index contributed by atoms with van der Waals surface area (Å²) in [6, 6.07) is 23.2. The third-order valence-corrected chi connectivity index (χ3v) is 8.68. The van der Waals surface area contributed by atoms with E-state index in [1.165, 1.54) is 4.90 Å². The van der Waals surface area contributed by atoms with Crippen molar-refractivity contribution in [3.05, 3.63) is 107 Å².